The molecule has 1 saturated carbocycles. The van der Waals surface area contributed by atoms with Crippen molar-refractivity contribution in [3.05, 3.63) is 58.3 Å². The molecule has 0 bridgehead atoms. The third kappa shape index (κ3) is 5.99. The van der Waals surface area contributed by atoms with Gasteiger partial charge in [0, 0.05) is 21.8 Å². The highest BCUT2D eigenvalue weighted by molar-refractivity contribution is 7.90. The molecule has 2 aromatic carbocycles. The SMILES string of the molecule is CC(C)N(C(=O)C(CC1CC1)C(=O)NS(=O)(=O)c1cc(Cl)cc(Cl)c1)c1ccc(F)cc1. The molecule has 0 saturated heterocycles. The van der Waals surface area contributed by atoms with Gasteiger partial charge in [-0.05, 0) is 68.7 Å². The molecule has 0 heterocycles. The van der Waals surface area contributed by atoms with Crippen molar-refractivity contribution in [3.8, 4) is 0 Å². The van der Waals surface area contributed by atoms with E-state index in [2.05, 4.69) is 0 Å². The maximum atomic E-state index is 13.4. The second-order valence-electron chi connectivity index (χ2n) is 8.08. The average Bonchev–Trinajstić information content (AvgIpc) is 3.50. The zero-order valence-electron chi connectivity index (χ0n) is 17.5. The van der Waals surface area contributed by atoms with Crippen molar-refractivity contribution >= 4 is 50.7 Å². The van der Waals surface area contributed by atoms with Crippen molar-refractivity contribution in [2.75, 3.05) is 4.90 Å². The first-order valence-corrected chi connectivity index (χ1v) is 12.3. The molecule has 0 radical (unpaired) electrons. The highest BCUT2D eigenvalue weighted by atomic mass is 35.5. The van der Waals surface area contributed by atoms with Crippen LogP contribution in [0.2, 0.25) is 10.0 Å². The molecule has 1 atom stereocenters. The van der Waals surface area contributed by atoms with Gasteiger partial charge >= 0.3 is 0 Å². The number of rotatable bonds is 8. The number of amides is 2. The zero-order chi connectivity index (χ0) is 23.6. The largest absolute Gasteiger partial charge is 0.309 e. The van der Waals surface area contributed by atoms with Gasteiger partial charge in [0.15, 0.2) is 0 Å². The lowest BCUT2D eigenvalue weighted by Crippen LogP contribution is -2.48. The number of benzene rings is 2. The fourth-order valence-corrected chi connectivity index (χ4v) is 5.15. The zero-order valence-corrected chi connectivity index (χ0v) is 19.8. The van der Waals surface area contributed by atoms with Crippen molar-refractivity contribution < 1.29 is 22.4 Å². The van der Waals surface area contributed by atoms with E-state index in [1.54, 1.807) is 13.8 Å². The number of hydrogen-bond donors (Lipinski definition) is 1. The summed E-state index contributed by atoms with van der Waals surface area (Å²) in [7, 11) is -4.30. The topological polar surface area (TPSA) is 83.6 Å². The number of sulfonamides is 1. The summed E-state index contributed by atoms with van der Waals surface area (Å²) in [4.78, 5) is 27.6. The predicted molar refractivity (Wildman–Crippen MR) is 122 cm³/mol. The Morgan fingerprint density at radius 1 is 1.09 bits per heavy atom. The minimum atomic E-state index is -4.30. The maximum Gasteiger partial charge on any atom is 0.264 e. The van der Waals surface area contributed by atoms with Gasteiger partial charge in [0.2, 0.25) is 11.8 Å². The molecule has 0 aromatic heterocycles. The lowest BCUT2D eigenvalue weighted by Gasteiger charge is -2.30. The fraction of sp³-hybridized carbons (Fsp3) is 0.364. The first-order chi connectivity index (χ1) is 15.0. The van der Waals surface area contributed by atoms with Gasteiger partial charge in [-0.15, -0.1) is 0 Å². The molecule has 1 unspecified atom stereocenters. The molecule has 1 aliphatic rings. The summed E-state index contributed by atoms with van der Waals surface area (Å²) in [5, 5.41) is 0.191. The molecule has 0 aliphatic heterocycles. The number of anilines is 1. The van der Waals surface area contributed by atoms with E-state index >= 15 is 0 Å². The van der Waals surface area contributed by atoms with Crippen molar-refractivity contribution in [2.45, 2.75) is 44.0 Å². The molecule has 32 heavy (non-hydrogen) atoms. The van der Waals surface area contributed by atoms with Crippen LogP contribution >= 0.6 is 23.2 Å². The van der Waals surface area contributed by atoms with E-state index in [0.717, 1.165) is 12.8 Å². The number of carbonyl (C=O) groups excluding carboxylic acids is 2. The normalized spacial score (nSPS) is 14.8. The molecule has 172 valence electrons. The van der Waals surface area contributed by atoms with E-state index in [0.29, 0.717) is 5.69 Å². The van der Waals surface area contributed by atoms with E-state index in [-0.39, 0.29) is 33.3 Å². The van der Waals surface area contributed by atoms with Crippen LogP contribution in [0.15, 0.2) is 47.4 Å². The minimum absolute atomic E-state index is 0.0956. The molecule has 2 aromatic rings. The van der Waals surface area contributed by atoms with Crippen LogP contribution in [0.25, 0.3) is 0 Å². The second-order valence-corrected chi connectivity index (χ2v) is 10.6. The highest BCUT2D eigenvalue weighted by Gasteiger charge is 2.39. The van der Waals surface area contributed by atoms with Gasteiger partial charge in [-0.3, -0.25) is 9.59 Å². The lowest BCUT2D eigenvalue weighted by atomic mass is 9.98. The Kier molecular flexibility index (Phi) is 7.47. The Morgan fingerprint density at radius 2 is 1.66 bits per heavy atom. The van der Waals surface area contributed by atoms with Gasteiger partial charge in [-0.2, -0.15) is 0 Å². The summed E-state index contributed by atoms with van der Waals surface area (Å²) in [6.45, 7) is 3.52. The van der Waals surface area contributed by atoms with E-state index < -0.39 is 33.6 Å². The molecule has 6 nitrogen and oxygen atoms in total. The fourth-order valence-electron chi connectivity index (χ4n) is 3.40. The van der Waals surface area contributed by atoms with Crippen LogP contribution in [-0.4, -0.2) is 26.3 Å². The Labute approximate surface area is 196 Å². The monoisotopic (exact) mass is 500 g/mol. The molecule has 1 fully saturated rings. The molecule has 2 amide bonds. The average molecular weight is 501 g/mol. The van der Waals surface area contributed by atoms with E-state index in [1.165, 1.54) is 47.4 Å². The number of hydrogen-bond acceptors (Lipinski definition) is 4. The Hall–Kier alpha value is -2.16. The third-order valence-electron chi connectivity index (χ3n) is 5.12. The maximum absolute atomic E-state index is 13.4. The van der Waals surface area contributed by atoms with E-state index in [9.17, 15) is 22.4 Å². The third-order valence-corrected chi connectivity index (χ3v) is 6.88. The van der Waals surface area contributed by atoms with Crippen molar-refractivity contribution in [3.63, 3.8) is 0 Å². The molecule has 0 spiro atoms. The van der Waals surface area contributed by atoms with E-state index in [4.69, 9.17) is 23.2 Å². The quantitative estimate of drug-likeness (QED) is 0.527. The minimum Gasteiger partial charge on any atom is -0.309 e. The first-order valence-electron chi connectivity index (χ1n) is 10.1. The smallest absolute Gasteiger partial charge is 0.264 e. The summed E-state index contributed by atoms with van der Waals surface area (Å²) >= 11 is 11.8. The van der Waals surface area contributed by atoms with Crippen LogP contribution in [0.4, 0.5) is 10.1 Å². The van der Waals surface area contributed by atoms with E-state index in [1.807, 2.05) is 4.72 Å². The molecular weight excluding hydrogens is 478 g/mol. The van der Waals surface area contributed by atoms with Gasteiger partial charge in [-0.1, -0.05) is 36.0 Å². The molecule has 10 heteroatoms. The van der Waals surface area contributed by atoms with Crippen molar-refractivity contribution in [1.82, 2.24) is 4.72 Å². The number of carbonyl (C=O) groups is 2. The van der Waals surface area contributed by atoms with Crippen molar-refractivity contribution in [2.24, 2.45) is 11.8 Å². The summed E-state index contributed by atoms with van der Waals surface area (Å²) in [6, 6.07) is 8.70. The van der Waals surface area contributed by atoms with Gasteiger partial charge in [0.05, 0.1) is 4.90 Å². The highest BCUT2D eigenvalue weighted by Crippen LogP contribution is 2.37. The Balaban J connectivity index is 1.89. The lowest BCUT2D eigenvalue weighted by molar-refractivity contribution is -0.133. The number of nitrogens with one attached hydrogen (secondary N) is 1. The Morgan fingerprint density at radius 3 is 2.16 bits per heavy atom. The van der Waals surface area contributed by atoms with Gasteiger partial charge in [-0.25, -0.2) is 17.5 Å². The van der Waals surface area contributed by atoms with Crippen LogP contribution in [0.5, 0.6) is 0 Å². The summed E-state index contributed by atoms with van der Waals surface area (Å²) in [6.07, 6.45) is 1.96. The van der Waals surface area contributed by atoms with Crippen molar-refractivity contribution in [1.29, 1.82) is 0 Å². The van der Waals surface area contributed by atoms with Crippen LogP contribution in [0, 0.1) is 17.7 Å². The predicted octanol–water partition coefficient (Wildman–Crippen LogP) is 4.80. The number of halogens is 3. The van der Waals surface area contributed by atoms with Crippen LogP contribution in [-0.2, 0) is 19.6 Å². The molecule has 1 N–H and O–H groups in total. The standard InChI is InChI=1S/C22H23Cl2FN2O4S/c1-13(2)27(18-7-5-17(25)6-8-18)22(29)20(9-14-3-4-14)21(28)26-32(30,31)19-11-15(23)10-16(24)12-19/h5-8,10-14,20H,3-4,9H2,1-2H3,(H,26,28). The number of nitrogens with zero attached hydrogens (tertiary/aromatic N) is 1. The summed E-state index contributed by atoms with van der Waals surface area (Å²) < 4.78 is 40.9. The van der Waals surface area contributed by atoms with Gasteiger partial charge < -0.3 is 4.90 Å². The first kappa shape index (κ1) is 24.5. The Bertz CT molecular complexity index is 1100. The van der Waals surface area contributed by atoms with Gasteiger partial charge in [0.1, 0.15) is 11.7 Å². The molecule has 1 aliphatic carbocycles. The van der Waals surface area contributed by atoms with Crippen LogP contribution < -0.4 is 9.62 Å². The van der Waals surface area contributed by atoms with Crippen LogP contribution in [0.1, 0.15) is 33.1 Å². The summed E-state index contributed by atoms with van der Waals surface area (Å²) in [5.74, 6) is -2.98. The second kappa shape index (κ2) is 9.77. The molecular formula is C22H23Cl2FN2O4S. The van der Waals surface area contributed by atoms with Gasteiger partial charge in [0.25, 0.3) is 10.0 Å². The molecule has 3 rings (SSSR count). The summed E-state index contributed by atoms with van der Waals surface area (Å²) in [5.41, 5.74) is 0.421. The van der Waals surface area contributed by atoms with Crippen LogP contribution in [0.3, 0.4) is 0 Å².